The lowest BCUT2D eigenvalue weighted by atomic mass is 10.1. The highest BCUT2D eigenvalue weighted by atomic mass is 19.4. The minimum atomic E-state index is -4.91. The third kappa shape index (κ3) is 10.3. The first-order chi connectivity index (χ1) is 35.4. The van der Waals surface area contributed by atoms with E-state index in [9.17, 15) is 39.5 Å². The van der Waals surface area contributed by atoms with E-state index < -0.39 is 35.3 Å². The molecule has 0 fully saturated rings. The molecular formula is C50H32F9N11O4. The standard InChI is InChI=1S/C50H32F9N11O4/c1-71-39-22-35-37(23-40(39)72-2)63-42(64-45(35)74-33-14-4-8-26(18-33)44-66-47(70-68-44)61-31-12-6-10-29(21-31)49(54,55)56)27-15-16-34-36(19-27)62-41(50(57,58)59)24-38(34)73-32-13-3-7-25(17-32)43-65-46(69-67-43)60-30-11-5-9-28(20-30)48(51,52)53/h3-24H,1-2H3,(H2,60,65,67,69)(H2,61,66,68,70). The number of H-pyrrole nitrogens is 2. The summed E-state index contributed by atoms with van der Waals surface area (Å²) in [6.45, 7) is 0. The van der Waals surface area contributed by atoms with Crippen LogP contribution in [0.3, 0.4) is 0 Å². The summed E-state index contributed by atoms with van der Waals surface area (Å²) in [7, 11) is 2.86. The molecular weight excluding hydrogens is 990 g/mol. The number of fused-ring (bicyclic) bond motifs is 2. The van der Waals surface area contributed by atoms with E-state index in [0.717, 1.165) is 30.3 Å². The number of hydrogen-bond acceptors (Lipinski definition) is 13. The van der Waals surface area contributed by atoms with Crippen LogP contribution in [-0.2, 0) is 18.5 Å². The number of nitrogens with zero attached hydrogens (tertiary/aromatic N) is 7. The first-order valence-electron chi connectivity index (χ1n) is 21.6. The molecule has 10 aromatic rings. The van der Waals surface area contributed by atoms with E-state index in [4.69, 9.17) is 28.9 Å². The molecule has 10 rings (SSSR count). The third-order valence-corrected chi connectivity index (χ3v) is 11.0. The molecule has 15 nitrogen and oxygen atoms in total. The number of pyridine rings is 1. The van der Waals surface area contributed by atoms with Crippen LogP contribution in [0.1, 0.15) is 16.8 Å². The summed E-state index contributed by atoms with van der Waals surface area (Å²) < 4.78 is 147. The number of methoxy groups -OCH3 is 2. The van der Waals surface area contributed by atoms with E-state index in [1.54, 1.807) is 54.6 Å². The van der Waals surface area contributed by atoms with Crippen molar-refractivity contribution < 1.29 is 58.5 Å². The summed E-state index contributed by atoms with van der Waals surface area (Å²) >= 11 is 0. The van der Waals surface area contributed by atoms with E-state index in [1.165, 1.54) is 62.8 Å². The second kappa shape index (κ2) is 18.9. The zero-order valence-electron chi connectivity index (χ0n) is 37.9. The normalized spacial score (nSPS) is 12.0. The van der Waals surface area contributed by atoms with Crippen molar-refractivity contribution >= 4 is 45.1 Å². The van der Waals surface area contributed by atoms with Gasteiger partial charge in [0.1, 0.15) is 22.9 Å². The maximum atomic E-state index is 14.5. The molecule has 0 atom stereocenters. The summed E-state index contributed by atoms with van der Waals surface area (Å²) in [5.41, 5.74) is -1.53. The molecule has 0 saturated carbocycles. The predicted molar refractivity (Wildman–Crippen MR) is 252 cm³/mol. The smallest absolute Gasteiger partial charge is 0.433 e. The van der Waals surface area contributed by atoms with Gasteiger partial charge < -0.3 is 39.5 Å². The maximum absolute atomic E-state index is 14.5. The molecule has 4 heterocycles. The number of anilines is 4. The fraction of sp³-hybridized carbons (Fsp3) is 0.100. The number of hydrogen-bond donors (Lipinski definition) is 4. The van der Waals surface area contributed by atoms with Gasteiger partial charge in [0.15, 0.2) is 29.0 Å². The van der Waals surface area contributed by atoms with Crippen LogP contribution in [0, 0.1) is 0 Å². The molecule has 4 aromatic heterocycles. The number of benzene rings is 6. The number of alkyl halides is 9. The molecule has 0 aliphatic heterocycles. The van der Waals surface area contributed by atoms with Gasteiger partial charge >= 0.3 is 18.5 Å². The van der Waals surface area contributed by atoms with Gasteiger partial charge in [-0.2, -0.15) is 44.5 Å². The minimum absolute atomic E-state index is 0.00102. The summed E-state index contributed by atoms with van der Waals surface area (Å²) in [5, 5.41) is 22.3. The van der Waals surface area contributed by atoms with Gasteiger partial charge in [0.05, 0.1) is 41.8 Å². The first-order valence-corrected chi connectivity index (χ1v) is 21.6. The minimum Gasteiger partial charge on any atom is -0.493 e. The quantitative estimate of drug-likeness (QED) is 0.0801. The van der Waals surface area contributed by atoms with Gasteiger partial charge in [-0.05, 0) is 78.9 Å². The van der Waals surface area contributed by atoms with Crippen molar-refractivity contribution in [2.75, 3.05) is 24.9 Å². The lowest BCUT2D eigenvalue weighted by Gasteiger charge is -2.15. The summed E-state index contributed by atoms with van der Waals surface area (Å²) in [4.78, 5) is 19.2. The molecule has 0 spiro atoms. The van der Waals surface area contributed by atoms with Crippen molar-refractivity contribution in [3.8, 4) is 68.8 Å². The van der Waals surface area contributed by atoms with Gasteiger partial charge in [0, 0.05) is 45.6 Å². The molecule has 0 bridgehead atoms. The zero-order valence-corrected chi connectivity index (χ0v) is 37.9. The van der Waals surface area contributed by atoms with E-state index >= 15 is 0 Å². The van der Waals surface area contributed by atoms with Crippen LogP contribution in [0.25, 0.3) is 56.0 Å². The van der Waals surface area contributed by atoms with Crippen LogP contribution in [0.5, 0.6) is 34.6 Å². The van der Waals surface area contributed by atoms with Crippen LogP contribution >= 0.6 is 0 Å². The second-order valence-corrected chi connectivity index (χ2v) is 16.0. The van der Waals surface area contributed by atoms with E-state index in [-0.39, 0.29) is 80.3 Å². The van der Waals surface area contributed by atoms with Gasteiger partial charge in [-0.3, -0.25) is 0 Å². The second-order valence-electron chi connectivity index (χ2n) is 16.0. The topological polar surface area (TPSA) is 183 Å². The molecule has 74 heavy (non-hydrogen) atoms. The van der Waals surface area contributed by atoms with Gasteiger partial charge in [0.2, 0.25) is 17.8 Å². The molecule has 0 saturated heterocycles. The van der Waals surface area contributed by atoms with Crippen molar-refractivity contribution in [1.29, 1.82) is 0 Å². The largest absolute Gasteiger partial charge is 0.493 e. The highest BCUT2D eigenvalue weighted by Gasteiger charge is 2.35. The van der Waals surface area contributed by atoms with E-state index in [2.05, 4.69) is 46.0 Å². The Morgan fingerprint density at radius 3 is 1.54 bits per heavy atom. The van der Waals surface area contributed by atoms with Crippen molar-refractivity contribution in [1.82, 2.24) is 45.3 Å². The lowest BCUT2D eigenvalue weighted by Crippen LogP contribution is -2.08. The van der Waals surface area contributed by atoms with E-state index in [1.807, 2.05) is 0 Å². The molecule has 0 unspecified atom stereocenters. The fourth-order valence-electron chi connectivity index (χ4n) is 7.57. The molecule has 374 valence electrons. The highest BCUT2D eigenvalue weighted by Crippen LogP contribution is 2.42. The zero-order chi connectivity index (χ0) is 51.9. The Morgan fingerprint density at radius 1 is 0.446 bits per heavy atom. The Balaban J connectivity index is 0.958. The predicted octanol–water partition coefficient (Wildman–Crippen LogP) is 13.6. The third-order valence-electron chi connectivity index (χ3n) is 11.0. The van der Waals surface area contributed by atoms with E-state index in [0.29, 0.717) is 33.5 Å². The van der Waals surface area contributed by atoms with Crippen LogP contribution in [0.15, 0.2) is 133 Å². The molecule has 0 aliphatic carbocycles. The van der Waals surface area contributed by atoms with Crippen LogP contribution in [0.4, 0.5) is 62.8 Å². The number of rotatable bonds is 13. The molecule has 4 N–H and O–H groups in total. The number of halogens is 9. The van der Waals surface area contributed by atoms with Crippen molar-refractivity contribution in [3.05, 3.63) is 150 Å². The number of nitrogens with one attached hydrogen (secondary N) is 4. The number of ether oxygens (including phenoxy) is 4. The molecule has 0 aliphatic rings. The summed E-state index contributed by atoms with van der Waals surface area (Å²) in [6, 6.07) is 30.1. The van der Waals surface area contributed by atoms with Crippen molar-refractivity contribution in [3.63, 3.8) is 0 Å². The Kier molecular flexibility index (Phi) is 12.3. The van der Waals surface area contributed by atoms with Gasteiger partial charge in [-0.1, -0.05) is 42.5 Å². The highest BCUT2D eigenvalue weighted by molar-refractivity contribution is 5.92. The lowest BCUT2D eigenvalue weighted by molar-refractivity contribution is -0.141. The average Bonchev–Trinajstić information content (AvgIpc) is 4.05. The Hall–Kier alpha value is -9.48. The van der Waals surface area contributed by atoms with Crippen LogP contribution < -0.4 is 29.6 Å². The van der Waals surface area contributed by atoms with Crippen LogP contribution in [0.2, 0.25) is 0 Å². The molecule has 6 aromatic carbocycles. The Morgan fingerprint density at radius 2 is 0.986 bits per heavy atom. The Bertz CT molecular complexity index is 3730. The molecule has 0 amide bonds. The monoisotopic (exact) mass is 1020 g/mol. The van der Waals surface area contributed by atoms with Gasteiger partial charge in [-0.25, -0.2) is 9.97 Å². The number of aromatic nitrogens is 9. The first kappa shape index (κ1) is 48.2. The van der Waals surface area contributed by atoms with Crippen molar-refractivity contribution in [2.24, 2.45) is 0 Å². The average molecular weight is 1020 g/mol. The SMILES string of the molecule is COc1cc2nc(-c3ccc4c(Oc5cccc(-c6nnc(Nc7cccc(C(F)(F)F)c7)[nH]6)c5)cc(C(F)(F)F)nc4c3)nc(Oc3cccc(-c4nnc(Nc5cccc(C(F)(F)F)c5)[nH]4)c3)c2cc1OC. The number of aromatic amines is 2. The molecule has 0 radical (unpaired) electrons. The Labute approximate surface area is 410 Å². The summed E-state index contributed by atoms with van der Waals surface area (Å²) in [6.07, 6.45) is -14.0. The maximum Gasteiger partial charge on any atom is 0.433 e. The van der Waals surface area contributed by atoms with Gasteiger partial charge in [-0.15, -0.1) is 20.4 Å². The van der Waals surface area contributed by atoms with Crippen LogP contribution in [-0.4, -0.2) is 59.5 Å². The van der Waals surface area contributed by atoms with Crippen molar-refractivity contribution in [2.45, 2.75) is 18.5 Å². The fourth-order valence-corrected chi connectivity index (χ4v) is 7.57. The molecule has 24 heteroatoms. The van der Waals surface area contributed by atoms with Gasteiger partial charge in [0.25, 0.3) is 0 Å². The summed E-state index contributed by atoms with van der Waals surface area (Å²) in [5.74, 6) is 1.24.